The van der Waals surface area contributed by atoms with Crippen molar-refractivity contribution in [3.63, 3.8) is 0 Å². The Labute approximate surface area is 55.5 Å². The maximum atomic E-state index is 10.6. The molecule has 0 aromatic carbocycles. The zero-order chi connectivity index (χ0) is 7.72. The molecular formula is C5H5NO4. The normalized spacial score (nSPS) is 9.70. The van der Waals surface area contributed by atoms with Crippen LogP contribution in [0.4, 0.5) is 0 Å². The zero-order valence-electron chi connectivity index (χ0n) is 5.20. The first-order valence-corrected chi connectivity index (χ1v) is 2.52. The minimum atomic E-state index is -1.24. The van der Waals surface area contributed by atoms with Crippen molar-refractivity contribution in [1.82, 2.24) is 4.74 Å². The third-order valence-corrected chi connectivity index (χ3v) is 1.01. The number of aromatic carboxylic acids is 1. The van der Waals surface area contributed by atoms with Gasteiger partial charge in [-0.25, -0.2) is 4.79 Å². The molecule has 0 saturated carbocycles. The van der Waals surface area contributed by atoms with Crippen molar-refractivity contribution in [3.05, 3.63) is 22.2 Å². The molecule has 10 heavy (non-hydrogen) atoms. The van der Waals surface area contributed by atoms with E-state index in [0.29, 0.717) is 0 Å². The number of carboxylic acids is 1. The molecule has 1 aromatic heterocycles. The van der Waals surface area contributed by atoms with Crippen LogP contribution in [0.3, 0.4) is 0 Å². The number of nitrogens with zero attached hydrogens (tertiary/aromatic N) is 1. The summed E-state index contributed by atoms with van der Waals surface area (Å²) < 4.78 is 5.33. The molecule has 0 spiro atoms. The van der Waals surface area contributed by atoms with Crippen molar-refractivity contribution in [1.29, 1.82) is 0 Å². The van der Waals surface area contributed by atoms with Crippen molar-refractivity contribution >= 4 is 5.97 Å². The SMILES string of the molecule is Cn1oc(C(=O)O)cc1=O. The number of hydrogen-bond donors (Lipinski definition) is 1. The van der Waals surface area contributed by atoms with Gasteiger partial charge in [0.05, 0.1) is 6.07 Å². The first-order valence-electron chi connectivity index (χ1n) is 2.52. The molecule has 0 aliphatic carbocycles. The Bertz CT molecular complexity index is 308. The molecule has 0 amide bonds. The van der Waals surface area contributed by atoms with Crippen molar-refractivity contribution in [2.75, 3.05) is 0 Å². The topological polar surface area (TPSA) is 72.4 Å². The molecule has 54 valence electrons. The summed E-state index contributed by atoms with van der Waals surface area (Å²) in [6.07, 6.45) is 0. The number of hydrogen-bond acceptors (Lipinski definition) is 3. The van der Waals surface area contributed by atoms with Gasteiger partial charge in [-0.15, -0.1) is 0 Å². The van der Waals surface area contributed by atoms with Crippen molar-refractivity contribution < 1.29 is 14.4 Å². The van der Waals surface area contributed by atoms with Crippen molar-refractivity contribution in [3.8, 4) is 0 Å². The summed E-state index contributed by atoms with van der Waals surface area (Å²) in [6, 6.07) is 0.919. The maximum absolute atomic E-state index is 10.6. The van der Waals surface area contributed by atoms with Gasteiger partial charge in [0.25, 0.3) is 5.56 Å². The highest BCUT2D eigenvalue weighted by Crippen LogP contribution is 1.92. The van der Waals surface area contributed by atoms with Crippen LogP contribution < -0.4 is 5.56 Å². The van der Waals surface area contributed by atoms with Crippen LogP contribution >= 0.6 is 0 Å². The molecular weight excluding hydrogens is 138 g/mol. The van der Waals surface area contributed by atoms with E-state index in [4.69, 9.17) is 5.11 Å². The third-order valence-electron chi connectivity index (χ3n) is 1.01. The number of carboxylic acid groups (broad SMARTS) is 1. The summed E-state index contributed by atoms with van der Waals surface area (Å²) in [4.78, 5) is 20.7. The Kier molecular flexibility index (Phi) is 1.33. The number of carbonyl (C=O) groups is 1. The molecule has 0 fully saturated rings. The van der Waals surface area contributed by atoms with E-state index in [9.17, 15) is 9.59 Å². The van der Waals surface area contributed by atoms with Crippen LogP contribution in [0.15, 0.2) is 15.4 Å². The Morgan fingerprint density at radius 2 is 2.40 bits per heavy atom. The van der Waals surface area contributed by atoms with Gasteiger partial charge in [-0.1, -0.05) is 0 Å². The maximum Gasteiger partial charge on any atom is 0.374 e. The van der Waals surface area contributed by atoms with E-state index in [-0.39, 0.29) is 5.76 Å². The first kappa shape index (κ1) is 6.60. The average molecular weight is 143 g/mol. The van der Waals surface area contributed by atoms with Gasteiger partial charge in [-0.2, -0.15) is 4.74 Å². The van der Waals surface area contributed by atoms with E-state index < -0.39 is 11.5 Å². The van der Waals surface area contributed by atoms with Gasteiger partial charge in [0.2, 0.25) is 5.76 Å². The van der Waals surface area contributed by atoms with Gasteiger partial charge in [-0.05, 0) is 0 Å². The zero-order valence-corrected chi connectivity index (χ0v) is 5.20. The third kappa shape index (κ3) is 0.928. The molecule has 0 bridgehead atoms. The van der Waals surface area contributed by atoms with Crippen LogP contribution in [0.25, 0.3) is 0 Å². The lowest BCUT2D eigenvalue weighted by Crippen LogP contribution is -2.07. The summed E-state index contributed by atoms with van der Waals surface area (Å²) in [5, 5.41) is 8.28. The summed E-state index contributed by atoms with van der Waals surface area (Å²) in [7, 11) is 1.34. The van der Waals surface area contributed by atoms with Gasteiger partial charge < -0.3 is 9.63 Å². The minimum absolute atomic E-state index is 0.340. The quantitative estimate of drug-likeness (QED) is 0.584. The summed E-state index contributed by atoms with van der Waals surface area (Å²) in [6.45, 7) is 0. The molecule has 1 N–H and O–H groups in total. The van der Waals surface area contributed by atoms with Crippen LogP contribution in [0.5, 0.6) is 0 Å². The van der Waals surface area contributed by atoms with Crippen LogP contribution in [0.1, 0.15) is 10.6 Å². The number of aromatic nitrogens is 1. The van der Waals surface area contributed by atoms with Gasteiger partial charge in [-0.3, -0.25) is 4.79 Å². The fraction of sp³-hybridized carbons (Fsp3) is 0.200. The molecule has 1 aromatic rings. The van der Waals surface area contributed by atoms with E-state index in [0.717, 1.165) is 10.8 Å². The average Bonchev–Trinajstić information content (AvgIpc) is 2.13. The van der Waals surface area contributed by atoms with Gasteiger partial charge in [0.1, 0.15) is 0 Å². The highest BCUT2D eigenvalue weighted by Gasteiger charge is 2.09. The molecule has 5 heteroatoms. The van der Waals surface area contributed by atoms with Crippen molar-refractivity contribution in [2.45, 2.75) is 0 Å². The fourth-order valence-electron chi connectivity index (χ4n) is 0.523. The fourth-order valence-corrected chi connectivity index (χ4v) is 0.523. The Morgan fingerprint density at radius 1 is 1.80 bits per heavy atom. The first-order chi connectivity index (χ1) is 4.61. The second-order valence-corrected chi connectivity index (χ2v) is 1.74. The van der Waals surface area contributed by atoms with E-state index >= 15 is 0 Å². The van der Waals surface area contributed by atoms with Gasteiger partial charge in [0.15, 0.2) is 0 Å². The Balaban J connectivity index is 3.23. The van der Waals surface area contributed by atoms with Crippen LogP contribution in [0.2, 0.25) is 0 Å². The van der Waals surface area contributed by atoms with Crippen molar-refractivity contribution in [2.24, 2.45) is 7.05 Å². The predicted molar refractivity (Wildman–Crippen MR) is 30.9 cm³/mol. The molecule has 0 radical (unpaired) electrons. The van der Waals surface area contributed by atoms with E-state index in [1.807, 2.05) is 0 Å². The standard InChI is InChI=1S/C5H5NO4/c1-6-4(7)2-3(10-6)5(8)9/h2H,1H3,(H,8,9). The molecule has 0 atom stereocenters. The number of aryl methyl sites for hydroxylation is 1. The lowest BCUT2D eigenvalue weighted by Gasteiger charge is -1.83. The Morgan fingerprint density at radius 3 is 2.60 bits per heavy atom. The second-order valence-electron chi connectivity index (χ2n) is 1.74. The number of rotatable bonds is 1. The molecule has 0 aliphatic rings. The predicted octanol–water partition coefficient (Wildman–Crippen LogP) is -0.323. The molecule has 1 rings (SSSR count). The van der Waals surface area contributed by atoms with Crippen LogP contribution in [-0.4, -0.2) is 15.8 Å². The lowest BCUT2D eigenvalue weighted by molar-refractivity contribution is 0.0638. The largest absolute Gasteiger partial charge is 0.475 e. The summed E-state index contributed by atoms with van der Waals surface area (Å²) >= 11 is 0. The Hall–Kier alpha value is -1.52. The van der Waals surface area contributed by atoms with Crippen LogP contribution in [-0.2, 0) is 7.05 Å². The second kappa shape index (κ2) is 2.02. The molecule has 0 unspecified atom stereocenters. The smallest absolute Gasteiger partial charge is 0.374 e. The molecule has 5 nitrogen and oxygen atoms in total. The van der Waals surface area contributed by atoms with E-state index in [1.54, 1.807) is 0 Å². The molecule has 1 heterocycles. The monoisotopic (exact) mass is 143 g/mol. The van der Waals surface area contributed by atoms with E-state index in [1.165, 1.54) is 7.05 Å². The highest BCUT2D eigenvalue weighted by molar-refractivity contribution is 5.83. The molecule has 0 saturated heterocycles. The van der Waals surface area contributed by atoms with E-state index in [2.05, 4.69) is 4.52 Å². The summed E-state index contributed by atoms with van der Waals surface area (Å²) in [5.74, 6) is -1.58. The lowest BCUT2D eigenvalue weighted by atomic mass is 10.5. The van der Waals surface area contributed by atoms with Gasteiger partial charge >= 0.3 is 5.97 Å². The minimum Gasteiger partial charge on any atom is -0.475 e. The van der Waals surface area contributed by atoms with Gasteiger partial charge in [0, 0.05) is 7.05 Å². The highest BCUT2D eigenvalue weighted by atomic mass is 16.5. The van der Waals surface area contributed by atoms with Crippen LogP contribution in [0, 0.1) is 0 Å². The molecule has 0 aliphatic heterocycles. The summed E-state index contributed by atoms with van der Waals surface area (Å²) in [5.41, 5.74) is -0.461.